The van der Waals surface area contributed by atoms with Crippen molar-refractivity contribution in [3.05, 3.63) is 16.3 Å². The Morgan fingerprint density at radius 2 is 2.06 bits per heavy atom. The molecule has 3 nitrogen and oxygen atoms in total. The Morgan fingerprint density at radius 3 is 2.72 bits per heavy atom. The fourth-order valence-electron chi connectivity index (χ4n) is 2.26. The number of anilines is 1. The smallest absolute Gasteiger partial charge is 0.138 e. The number of nitrogens with one attached hydrogen (secondary N) is 1. The first-order chi connectivity index (χ1) is 8.69. The van der Waals surface area contributed by atoms with Crippen LogP contribution in [0.25, 0.3) is 10.2 Å². The third-order valence-electron chi connectivity index (χ3n) is 3.59. The lowest BCUT2D eigenvalue weighted by Crippen LogP contribution is -2.05. The number of fused-ring (bicyclic) bond motifs is 1. The largest absolute Gasteiger partial charge is 0.370 e. The average Bonchev–Trinajstić information content (AvgIpc) is 3.07. The number of hydrogen-bond donors (Lipinski definition) is 1. The number of aryl methyl sites for hydroxylation is 2. The second-order valence-corrected chi connectivity index (χ2v) is 6.33. The summed E-state index contributed by atoms with van der Waals surface area (Å²) in [6, 6.07) is 0. The molecule has 0 aliphatic heterocycles. The number of thiophene rings is 1. The summed E-state index contributed by atoms with van der Waals surface area (Å²) in [5.41, 5.74) is 1.32. The summed E-state index contributed by atoms with van der Waals surface area (Å²) in [7, 11) is 0. The molecule has 2 heterocycles. The summed E-state index contributed by atoms with van der Waals surface area (Å²) in [5, 5.41) is 4.62. The predicted octanol–water partition coefficient (Wildman–Crippen LogP) is 3.69. The van der Waals surface area contributed by atoms with Gasteiger partial charge >= 0.3 is 0 Å². The Hall–Kier alpha value is -1.16. The zero-order valence-electron chi connectivity index (χ0n) is 11.2. The van der Waals surface area contributed by atoms with Crippen molar-refractivity contribution in [2.75, 3.05) is 11.9 Å². The SMILES string of the molecule is CCNc1nc(CC2CC2)nc2sc(C)c(C)c12. The number of hydrogen-bond acceptors (Lipinski definition) is 4. The quantitative estimate of drug-likeness (QED) is 0.912. The summed E-state index contributed by atoms with van der Waals surface area (Å²) in [4.78, 5) is 12.0. The van der Waals surface area contributed by atoms with Gasteiger partial charge in [-0.15, -0.1) is 11.3 Å². The van der Waals surface area contributed by atoms with Crippen molar-refractivity contribution in [3.63, 3.8) is 0 Å². The molecular formula is C14H19N3S. The highest BCUT2D eigenvalue weighted by molar-refractivity contribution is 7.18. The molecule has 4 heteroatoms. The van der Waals surface area contributed by atoms with E-state index in [0.29, 0.717) is 0 Å². The molecule has 0 amide bonds. The van der Waals surface area contributed by atoms with Crippen molar-refractivity contribution < 1.29 is 0 Å². The molecule has 1 aliphatic rings. The van der Waals surface area contributed by atoms with Crippen molar-refractivity contribution in [1.82, 2.24) is 9.97 Å². The number of aromatic nitrogens is 2. The summed E-state index contributed by atoms with van der Waals surface area (Å²) in [6.07, 6.45) is 3.74. The Bertz CT molecular complexity index is 584. The van der Waals surface area contributed by atoms with Crippen molar-refractivity contribution in [2.24, 2.45) is 5.92 Å². The van der Waals surface area contributed by atoms with Crippen LogP contribution in [0, 0.1) is 19.8 Å². The minimum Gasteiger partial charge on any atom is -0.370 e. The van der Waals surface area contributed by atoms with Crippen LogP contribution >= 0.6 is 11.3 Å². The van der Waals surface area contributed by atoms with Gasteiger partial charge in [0.25, 0.3) is 0 Å². The number of nitrogens with zero attached hydrogens (tertiary/aromatic N) is 2. The molecule has 0 saturated heterocycles. The van der Waals surface area contributed by atoms with Crippen LogP contribution < -0.4 is 5.32 Å². The van der Waals surface area contributed by atoms with E-state index in [1.54, 1.807) is 11.3 Å². The second-order valence-electron chi connectivity index (χ2n) is 5.13. The second kappa shape index (κ2) is 4.50. The molecule has 0 unspecified atom stereocenters. The maximum absolute atomic E-state index is 4.75. The Morgan fingerprint density at radius 1 is 1.28 bits per heavy atom. The average molecular weight is 261 g/mol. The molecule has 1 fully saturated rings. The topological polar surface area (TPSA) is 37.8 Å². The van der Waals surface area contributed by atoms with Crippen LogP contribution in [-0.4, -0.2) is 16.5 Å². The highest BCUT2D eigenvalue weighted by Crippen LogP contribution is 2.36. The van der Waals surface area contributed by atoms with Gasteiger partial charge in [0.2, 0.25) is 0 Å². The molecule has 0 atom stereocenters. The Labute approximate surface area is 112 Å². The van der Waals surface area contributed by atoms with Crippen LogP contribution in [-0.2, 0) is 6.42 Å². The fraction of sp³-hybridized carbons (Fsp3) is 0.571. The Balaban J connectivity index is 2.11. The first kappa shape index (κ1) is 11.9. The normalized spacial score (nSPS) is 15.3. The van der Waals surface area contributed by atoms with E-state index in [1.165, 1.54) is 28.7 Å². The van der Waals surface area contributed by atoms with Crippen LogP contribution in [0.4, 0.5) is 5.82 Å². The lowest BCUT2D eigenvalue weighted by molar-refractivity contribution is 0.777. The van der Waals surface area contributed by atoms with Gasteiger partial charge in [-0.05, 0) is 45.1 Å². The van der Waals surface area contributed by atoms with Gasteiger partial charge in [-0.3, -0.25) is 0 Å². The minimum atomic E-state index is 0.832. The van der Waals surface area contributed by atoms with E-state index in [2.05, 4.69) is 26.1 Å². The zero-order valence-corrected chi connectivity index (χ0v) is 12.0. The third-order valence-corrected chi connectivity index (χ3v) is 4.69. The van der Waals surface area contributed by atoms with E-state index >= 15 is 0 Å². The summed E-state index contributed by atoms with van der Waals surface area (Å²) in [5.74, 6) is 2.88. The molecule has 0 aromatic carbocycles. The van der Waals surface area contributed by atoms with E-state index in [9.17, 15) is 0 Å². The van der Waals surface area contributed by atoms with Crippen LogP contribution in [0.2, 0.25) is 0 Å². The molecule has 0 radical (unpaired) electrons. The molecule has 2 aromatic rings. The van der Waals surface area contributed by atoms with E-state index in [4.69, 9.17) is 9.97 Å². The standard InChI is InChI=1S/C14H19N3S/c1-4-15-13-12-8(2)9(3)18-14(12)17-11(16-13)7-10-5-6-10/h10H,4-7H2,1-3H3,(H,15,16,17). The highest BCUT2D eigenvalue weighted by Gasteiger charge is 2.24. The maximum Gasteiger partial charge on any atom is 0.138 e. The van der Waals surface area contributed by atoms with Crippen molar-refractivity contribution >= 4 is 27.4 Å². The monoisotopic (exact) mass is 261 g/mol. The molecule has 3 rings (SSSR count). The van der Waals surface area contributed by atoms with Gasteiger partial charge in [0.15, 0.2) is 0 Å². The van der Waals surface area contributed by atoms with Crippen LogP contribution in [0.5, 0.6) is 0 Å². The summed E-state index contributed by atoms with van der Waals surface area (Å²) in [6.45, 7) is 7.35. The summed E-state index contributed by atoms with van der Waals surface area (Å²) < 4.78 is 0. The molecular weight excluding hydrogens is 242 g/mol. The lowest BCUT2D eigenvalue weighted by Gasteiger charge is -2.07. The van der Waals surface area contributed by atoms with Crippen LogP contribution in [0.15, 0.2) is 0 Å². The minimum absolute atomic E-state index is 0.832. The van der Waals surface area contributed by atoms with E-state index in [1.807, 2.05) is 0 Å². The van der Waals surface area contributed by atoms with Gasteiger partial charge in [-0.2, -0.15) is 0 Å². The zero-order chi connectivity index (χ0) is 12.7. The number of rotatable bonds is 4. The molecule has 1 aliphatic carbocycles. The van der Waals surface area contributed by atoms with Gasteiger partial charge in [0.1, 0.15) is 16.5 Å². The van der Waals surface area contributed by atoms with Gasteiger partial charge in [-0.25, -0.2) is 9.97 Å². The maximum atomic E-state index is 4.75. The molecule has 0 bridgehead atoms. The van der Waals surface area contributed by atoms with Crippen LogP contribution in [0.1, 0.15) is 36.0 Å². The van der Waals surface area contributed by atoms with Crippen molar-refractivity contribution in [3.8, 4) is 0 Å². The molecule has 1 saturated carbocycles. The fourth-order valence-corrected chi connectivity index (χ4v) is 3.31. The van der Waals surface area contributed by atoms with Gasteiger partial charge in [0.05, 0.1) is 5.39 Å². The molecule has 1 N–H and O–H groups in total. The highest BCUT2D eigenvalue weighted by atomic mass is 32.1. The molecule has 0 spiro atoms. The molecule has 18 heavy (non-hydrogen) atoms. The Kier molecular flexibility index (Phi) is 2.98. The van der Waals surface area contributed by atoms with E-state index < -0.39 is 0 Å². The molecule has 96 valence electrons. The van der Waals surface area contributed by atoms with Gasteiger partial charge in [-0.1, -0.05) is 0 Å². The van der Waals surface area contributed by atoms with Gasteiger partial charge < -0.3 is 5.32 Å². The first-order valence-electron chi connectivity index (χ1n) is 6.69. The third kappa shape index (κ3) is 2.09. The van der Waals surface area contributed by atoms with Crippen molar-refractivity contribution in [2.45, 2.75) is 40.0 Å². The van der Waals surface area contributed by atoms with E-state index in [-0.39, 0.29) is 0 Å². The van der Waals surface area contributed by atoms with Crippen molar-refractivity contribution in [1.29, 1.82) is 0 Å². The summed E-state index contributed by atoms with van der Waals surface area (Å²) >= 11 is 1.79. The predicted molar refractivity (Wildman–Crippen MR) is 77.5 cm³/mol. The first-order valence-corrected chi connectivity index (χ1v) is 7.51. The molecule has 2 aromatic heterocycles. The van der Waals surface area contributed by atoms with Crippen LogP contribution in [0.3, 0.4) is 0 Å². The van der Waals surface area contributed by atoms with Gasteiger partial charge in [0, 0.05) is 17.8 Å². The lowest BCUT2D eigenvalue weighted by atomic mass is 10.2. The van der Waals surface area contributed by atoms with E-state index in [0.717, 1.165) is 35.4 Å².